The summed E-state index contributed by atoms with van der Waals surface area (Å²) in [6, 6.07) is 15.5. The SMILES string of the molecule is Cc1nc2ccccc2n1CC(=O)N1CCC[C@H]1c1ncc(Cc2ccccc2Cl)o1. The van der Waals surface area contributed by atoms with Gasteiger partial charge in [-0.15, -0.1) is 0 Å². The highest BCUT2D eigenvalue weighted by molar-refractivity contribution is 6.31. The van der Waals surface area contributed by atoms with Crippen molar-refractivity contribution in [3.63, 3.8) is 0 Å². The molecule has 31 heavy (non-hydrogen) atoms. The molecule has 2 aromatic carbocycles. The lowest BCUT2D eigenvalue weighted by atomic mass is 10.1. The number of carbonyl (C=O) groups is 1. The Bertz CT molecular complexity index is 1250. The van der Waals surface area contributed by atoms with Crippen LogP contribution < -0.4 is 0 Å². The molecule has 7 heteroatoms. The third-order valence-corrected chi connectivity index (χ3v) is 6.26. The normalized spacial score (nSPS) is 16.3. The number of fused-ring (bicyclic) bond motifs is 1. The number of aromatic nitrogens is 3. The van der Waals surface area contributed by atoms with Crippen molar-refractivity contribution in [2.75, 3.05) is 6.54 Å². The number of oxazole rings is 1. The Balaban J connectivity index is 1.34. The topological polar surface area (TPSA) is 64.2 Å². The van der Waals surface area contributed by atoms with Gasteiger partial charge in [-0.05, 0) is 43.5 Å². The molecular weight excluding hydrogens is 412 g/mol. The number of likely N-dealkylation sites (tertiary alicyclic amines) is 1. The minimum absolute atomic E-state index is 0.0552. The van der Waals surface area contributed by atoms with E-state index in [9.17, 15) is 4.79 Å². The Labute approximate surface area is 185 Å². The Morgan fingerprint density at radius 3 is 2.87 bits per heavy atom. The third kappa shape index (κ3) is 3.83. The fraction of sp³-hybridized carbons (Fsp3) is 0.292. The second kappa shape index (κ2) is 8.19. The van der Waals surface area contributed by atoms with Crippen LogP contribution in [0.4, 0.5) is 0 Å². The van der Waals surface area contributed by atoms with Crippen molar-refractivity contribution in [2.24, 2.45) is 0 Å². The summed E-state index contributed by atoms with van der Waals surface area (Å²) in [6.45, 7) is 2.90. The summed E-state index contributed by atoms with van der Waals surface area (Å²) < 4.78 is 8.03. The quantitative estimate of drug-likeness (QED) is 0.446. The van der Waals surface area contributed by atoms with E-state index in [1.807, 2.05) is 64.9 Å². The van der Waals surface area contributed by atoms with Crippen LogP contribution in [0.5, 0.6) is 0 Å². The van der Waals surface area contributed by atoms with Crippen molar-refractivity contribution in [3.8, 4) is 0 Å². The van der Waals surface area contributed by atoms with Gasteiger partial charge in [0.05, 0.1) is 17.2 Å². The summed E-state index contributed by atoms with van der Waals surface area (Å²) in [5.41, 5.74) is 2.87. The van der Waals surface area contributed by atoms with Crippen molar-refractivity contribution in [3.05, 3.63) is 82.8 Å². The van der Waals surface area contributed by atoms with Gasteiger partial charge in [-0.1, -0.05) is 41.9 Å². The van der Waals surface area contributed by atoms with E-state index in [0.29, 0.717) is 23.9 Å². The highest BCUT2D eigenvalue weighted by Gasteiger charge is 2.33. The van der Waals surface area contributed by atoms with Crippen molar-refractivity contribution < 1.29 is 9.21 Å². The number of halogens is 1. The van der Waals surface area contributed by atoms with Crippen molar-refractivity contribution in [1.29, 1.82) is 0 Å². The zero-order chi connectivity index (χ0) is 21.4. The Hall–Kier alpha value is -3.12. The minimum Gasteiger partial charge on any atom is -0.443 e. The number of carbonyl (C=O) groups excluding carboxylic acids is 1. The van der Waals surface area contributed by atoms with E-state index in [1.165, 1.54) is 0 Å². The van der Waals surface area contributed by atoms with E-state index in [0.717, 1.165) is 41.0 Å². The second-order valence-electron chi connectivity index (χ2n) is 7.91. The van der Waals surface area contributed by atoms with Gasteiger partial charge in [-0.2, -0.15) is 0 Å². The van der Waals surface area contributed by atoms with Gasteiger partial charge in [0.25, 0.3) is 0 Å². The molecule has 1 atom stereocenters. The standard InChI is InChI=1S/C24H23ClN4O2/c1-16-27-20-9-4-5-10-21(20)29(16)15-23(30)28-12-6-11-22(28)24-26-14-18(31-24)13-17-7-2-3-8-19(17)25/h2-5,7-10,14,22H,6,11-13,15H2,1H3/t22-/m0/s1. The molecule has 5 rings (SSSR count). The summed E-state index contributed by atoms with van der Waals surface area (Å²) in [4.78, 5) is 24.2. The van der Waals surface area contributed by atoms with Crippen molar-refractivity contribution in [1.82, 2.24) is 19.4 Å². The van der Waals surface area contributed by atoms with Gasteiger partial charge in [0.15, 0.2) is 0 Å². The molecule has 0 aliphatic carbocycles. The highest BCUT2D eigenvalue weighted by atomic mass is 35.5. The zero-order valence-corrected chi connectivity index (χ0v) is 18.0. The van der Waals surface area contributed by atoms with Crippen LogP contribution in [-0.4, -0.2) is 31.9 Å². The van der Waals surface area contributed by atoms with Crippen LogP contribution in [0.2, 0.25) is 5.02 Å². The van der Waals surface area contributed by atoms with Gasteiger partial charge in [0.1, 0.15) is 24.2 Å². The molecule has 158 valence electrons. The Kier molecular flexibility index (Phi) is 5.24. The van der Waals surface area contributed by atoms with Crippen molar-refractivity contribution >= 4 is 28.5 Å². The largest absolute Gasteiger partial charge is 0.443 e. The Morgan fingerprint density at radius 1 is 1.19 bits per heavy atom. The summed E-state index contributed by atoms with van der Waals surface area (Å²) in [5.74, 6) is 2.24. The fourth-order valence-corrected chi connectivity index (χ4v) is 4.53. The molecule has 0 bridgehead atoms. The summed E-state index contributed by atoms with van der Waals surface area (Å²) in [5, 5.41) is 0.709. The fourth-order valence-electron chi connectivity index (χ4n) is 4.33. The van der Waals surface area contributed by atoms with E-state index >= 15 is 0 Å². The number of benzene rings is 2. The van der Waals surface area contributed by atoms with Gasteiger partial charge >= 0.3 is 0 Å². The predicted molar refractivity (Wildman–Crippen MR) is 119 cm³/mol. The molecule has 0 radical (unpaired) electrons. The Morgan fingerprint density at radius 2 is 2.00 bits per heavy atom. The molecule has 0 saturated carbocycles. The molecule has 1 aliphatic heterocycles. The molecule has 0 spiro atoms. The van der Waals surface area contributed by atoms with Gasteiger partial charge in [-0.3, -0.25) is 4.79 Å². The lowest BCUT2D eigenvalue weighted by Gasteiger charge is -2.23. The summed E-state index contributed by atoms with van der Waals surface area (Å²) in [6.07, 6.45) is 4.10. The van der Waals surface area contributed by atoms with Crippen LogP contribution in [0.1, 0.15) is 41.9 Å². The average molecular weight is 435 g/mol. The smallest absolute Gasteiger partial charge is 0.243 e. The van der Waals surface area contributed by atoms with Crippen LogP contribution >= 0.6 is 11.6 Å². The first-order valence-corrected chi connectivity index (χ1v) is 10.9. The monoisotopic (exact) mass is 434 g/mol. The third-order valence-electron chi connectivity index (χ3n) is 5.89. The van der Waals surface area contributed by atoms with Crippen molar-refractivity contribution in [2.45, 2.75) is 38.8 Å². The van der Waals surface area contributed by atoms with Gasteiger partial charge in [-0.25, -0.2) is 9.97 Å². The van der Waals surface area contributed by atoms with E-state index in [4.69, 9.17) is 16.0 Å². The van der Waals surface area contributed by atoms with Gasteiger partial charge in [0, 0.05) is 18.0 Å². The number of amides is 1. The number of hydrogen-bond donors (Lipinski definition) is 0. The number of aryl methyl sites for hydroxylation is 1. The molecule has 1 saturated heterocycles. The molecule has 0 N–H and O–H groups in total. The van der Waals surface area contributed by atoms with Gasteiger partial charge in [0.2, 0.25) is 11.8 Å². The maximum Gasteiger partial charge on any atom is 0.243 e. The number of rotatable bonds is 5. The highest BCUT2D eigenvalue weighted by Crippen LogP contribution is 2.33. The van der Waals surface area contributed by atoms with Crippen LogP contribution in [0.3, 0.4) is 0 Å². The first-order chi connectivity index (χ1) is 15.1. The summed E-state index contributed by atoms with van der Waals surface area (Å²) >= 11 is 6.27. The minimum atomic E-state index is -0.136. The van der Waals surface area contributed by atoms with E-state index < -0.39 is 0 Å². The summed E-state index contributed by atoms with van der Waals surface area (Å²) in [7, 11) is 0. The maximum atomic E-state index is 13.2. The van der Waals surface area contributed by atoms with Gasteiger partial charge < -0.3 is 13.9 Å². The molecule has 1 amide bonds. The van der Waals surface area contributed by atoms with Crippen LogP contribution in [0, 0.1) is 6.92 Å². The first-order valence-electron chi connectivity index (χ1n) is 10.5. The van der Waals surface area contributed by atoms with E-state index in [1.54, 1.807) is 6.20 Å². The first kappa shape index (κ1) is 19.8. The zero-order valence-electron chi connectivity index (χ0n) is 17.3. The molecule has 1 fully saturated rings. The number of hydrogen-bond acceptors (Lipinski definition) is 4. The molecule has 1 aliphatic rings. The number of nitrogens with zero attached hydrogens (tertiary/aromatic N) is 4. The molecule has 6 nitrogen and oxygen atoms in total. The maximum absolute atomic E-state index is 13.2. The molecular formula is C24H23ClN4O2. The average Bonchev–Trinajstić information content (AvgIpc) is 3.49. The van der Waals surface area contributed by atoms with Crippen LogP contribution in [0.25, 0.3) is 11.0 Å². The predicted octanol–water partition coefficient (Wildman–Crippen LogP) is 4.94. The van der Waals surface area contributed by atoms with E-state index in [2.05, 4.69) is 9.97 Å². The molecule has 2 aromatic heterocycles. The van der Waals surface area contributed by atoms with E-state index in [-0.39, 0.29) is 18.5 Å². The lowest BCUT2D eigenvalue weighted by Crippen LogP contribution is -2.33. The number of para-hydroxylation sites is 2. The van der Waals surface area contributed by atoms with Crippen LogP contribution in [-0.2, 0) is 17.8 Å². The van der Waals surface area contributed by atoms with Crippen LogP contribution in [0.15, 0.2) is 59.1 Å². The number of imidazole rings is 1. The lowest BCUT2D eigenvalue weighted by molar-refractivity contribution is -0.133. The molecule has 4 aromatic rings. The molecule has 0 unspecified atom stereocenters. The second-order valence-corrected chi connectivity index (χ2v) is 8.32. The molecule has 3 heterocycles.